The molecule has 2 fully saturated rings. The molecule has 5 atom stereocenters. The van der Waals surface area contributed by atoms with E-state index in [1.165, 1.54) is 5.56 Å². The van der Waals surface area contributed by atoms with Gasteiger partial charge >= 0.3 is 0 Å². The first-order chi connectivity index (χ1) is 10.9. The van der Waals surface area contributed by atoms with Crippen LogP contribution in [0.25, 0.3) is 0 Å². The molecule has 3 aliphatic rings. The Kier molecular flexibility index (Phi) is 3.37. The molecule has 0 heterocycles. The quantitative estimate of drug-likeness (QED) is 0.798. The molecule has 0 spiro atoms. The summed E-state index contributed by atoms with van der Waals surface area (Å²) in [5.41, 5.74) is 1.50. The van der Waals surface area contributed by atoms with Gasteiger partial charge in [0.1, 0.15) is 5.78 Å². The molecule has 5 unspecified atom stereocenters. The van der Waals surface area contributed by atoms with Crippen LogP contribution in [-0.2, 0) is 22.3 Å². The SMILES string of the molecule is CC1(C)C2CCC1(C(C1CCc3ccccc31)S(=O)[O-])C(=O)C2. The van der Waals surface area contributed by atoms with Crippen LogP contribution in [-0.4, -0.2) is 19.8 Å². The molecule has 4 heteroatoms. The molecule has 0 aliphatic heterocycles. The second-order valence-electron chi connectivity index (χ2n) is 8.08. The summed E-state index contributed by atoms with van der Waals surface area (Å²) in [7, 11) is 0. The summed E-state index contributed by atoms with van der Waals surface area (Å²) in [5, 5.41) is -0.582. The zero-order valence-corrected chi connectivity index (χ0v) is 14.5. The first kappa shape index (κ1) is 15.5. The van der Waals surface area contributed by atoms with E-state index >= 15 is 0 Å². The van der Waals surface area contributed by atoms with E-state index in [0.29, 0.717) is 12.3 Å². The van der Waals surface area contributed by atoms with Crippen LogP contribution in [0.4, 0.5) is 0 Å². The fourth-order valence-corrected chi connectivity index (χ4v) is 7.36. The highest BCUT2D eigenvalue weighted by molar-refractivity contribution is 7.80. The lowest BCUT2D eigenvalue weighted by atomic mass is 9.63. The van der Waals surface area contributed by atoms with Gasteiger partial charge in [0.25, 0.3) is 0 Å². The Morgan fingerprint density at radius 3 is 2.61 bits per heavy atom. The van der Waals surface area contributed by atoms with E-state index in [-0.39, 0.29) is 17.1 Å². The molecule has 2 saturated carbocycles. The second kappa shape index (κ2) is 5.00. The van der Waals surface area contributed by atoms with Crippen molar-refractivity contribution in [3.05, 3.63) is 35.4 Å². The lowest BCUT2D eigenvalue weighted by molar-refractivity contribution is -0.130. The van der Waals surface area contributed by atoms with E-state index in [0.717, 1.165) is 31.2 Å². The number of hydrogen-bond donors (Lipinski definition) is 0. The molecule has 1 aromatic carbocycles. The van der Waals surface area contributed by atoms with Crippen molar-refractivity contribution in [1.82, 2.24) is 0 Å². The molecule has 0 aromatic heterocycles. The number of ketones is 1. The van der Waals surface area contributed by atoms with Crippen LogP contribution in [0.5, 0.6) is 0 Å². The number of hydrogen-bond acceptors (Lipinski definition) is 3. The predicted molar refractivity (Wildman–Crippen MR) is 88.8 cm³/mol. The minimum Gasteiger partial charge on any atom is -0.772 e. The number of rotatable bonds is 3. The number of carbonyl (C=O) groups excluding carboxylic acids is 1. The van der Waals surface area contributed by atoms with E-state index in [4.69, 9.17) is 0 Å². The van der Waals surface area contributed by atoms with Gasteiger partial charge in [0, 0.05) is 17.1 Å². The van der Waals surface area contributed by atoms with Crippen molar-refractivity contribution in [1.29, 1.82) is 0 Å². The molecule has 0 saturated heterocycles. The van der Waals surface area contributed by atoms with Crippen molar-refractivity contribution in [2.75, 3.05) is 0 Å². The second-order valence-corrected chi connectivity index (χ2v) is 9.11. The normalized spacial score (nSPS) is 36.9. The van der Waals surface area contributed by atoms with Crippen LogP contribution in [0, 0.1) is 16.7 Å². The van der Waals surface area contributed by atoms with Crippen molar-refractivity contribution in [3.8, 4) is 0 Å². The van der Waals surface area contributed by atoms with Crippen molar-refractivity contribution in [2.45, 2.75) is 57.1 Å². The Morgan fingerprint density at radius 2 is 2.00 bits per heavy atom. The van der Waals surface area contributed by atoms with Gasteiger partial charge in [0.05, 0.1) is 0 Å². The van der Waals surface area contributed by atoms with Gasteiger partial charge in [0.15, 0.2) is 0 Å². The number of aryl methyl sites for hydroxylation is 1. The van der Waals surface area contributed by atoms with Crippen molar-refractivity contribution in [2.24, 2.45) is 16.7 Å². The average molecular weight is 331 g/mol. The summed E-state index contributed by atoms with van der Waals surface area (Å²) in [6, 6.07) is 8.15. The molecule has 124 valence electrons. The Hall–Kier alpha value is -1.00. The van der Waals surface area contributed by atoms with E-state index < -0.39 is 21.7 Å². The highest BCUT2D eigenvalue weighted by Gasteiger charge is 2.68. The highest BCUT2D eigenvalue weighted by atomic mass is 32.2. The van der Waals surface area contributed by atoms with Gasteiger partial charge < -0.3 is 4.55 Å². The van der Waals surface area contributed by atoms with E-state index in [2.05, 4.69) is 26.0 Å². The average Bonchev–Trinajstić information content (AvgIpc) is 3.08. The third-order valence-electron chi connectivity index (χ3n) is 7.22. The lowest BCUT2D eigenvalue weighted by Gasteiger charge is -2.46. The molecule has 1 aromatic rings. The van der Waals surface area contributed by atoms with Crippen LogP contribution in [0.2, 0.25) is 0 Å². The van der Waals surface area contributed by atoms with Crippen molar-refractivity contribution in [3.63, 3.8) is 0 Å². The van der Waals surface area contributed by atoms with Crippen LogP contribution in [0.1, 0.15) is 56.6 Å². The summed E-state index contributed by atoms with van der Waals surface area (Å²) < 4.78 is 24.7. The van der Waals surface area contributed by atoms with Gasteiger partial charge in [-0.2, -0.15) is 0 Å². The van der Waals surface area contributed by atoms with Gasteiger partial charge in [0.2, 0.25) is 0 Å². The molecule has 3 nitrogen and oxygen atoms in total. The Labute approximate surface area is 140 Å². The Balaban J connectivity index is 1.84. The minimum atomic E-state index is -2.24. The smallest absolute Gasteiger partial charge is 0.141 e. The molecule has 0 amide bonds. The fourth-order valence-electron chi connectivity index (χ4n) is 5.93. The monoisotopic (exact) mass is 331 g/mol. The number of fused-ring (bicyclic) bond motifs is 3. The molecular weight excluding hydrogens is 308 g/mol. The molecular formula is C19H23O3S-. The maximum atomic E-state index is 12.9. The minimum absolute atomic E-state index is 0.0374. The first-order valence-electron chi connectivity index (χ1n) is 8.59. The van der Waals surface area contributed by atoms with E-state index in [1.54, 1.807) is 0 Å². The van der Waals surface area contributed by atoms with Crippen LogP contribution >= 0.6 is 0 Å². The first-order valence-corrected chi connectivity index (χ1v) is 9.72. The van der Waals surface area contributed by atoms with Crippen LogP contribution < -0.4 is 0 Å². The fraction of sp³-hybridized carbons (Fsp3) is 0.632. The highest BCUT2D eigenvalue weighted by Crippen LogP contribution is 2.68. The Morgan fingerprint density at radius 1 is 1.26 bits per heavy atom. The van der Waals surface area contributed by atoms with Crippen molar-refractivity contribution < 1.29 is 13.6 Å². The van der Waals surface area contributed by atoms with Crippen molar-refractivity contribution >= 4 is 16.9 Å². The van der Waals surface area contributed by atoms with Gasteiger partial charge in [-0.05, 0) is 54.1 Å². The third kappa shape index (κ3) is 1.85. The summed E-state index contributed by atoms with van der Waals surface area (Å²) in [4.78, 5) is 12.9. The Bertz CT molecular complexity index is 696. The number of Topliss-reactive ketones (excluding diaryl/α,β-unsaturated/α-hetero) is 1. The van der Waals surface area contributed by atoms with Gasteiger partial charge in [-0.1, -0.05) is 49.2 Å². The zero-order valence-electron chi connectivity index (χ0n) is 13.7. The molecule has 0 N–H and O–H groups in total. The summed E-state index contributed by atoms with van der Waals surface area (Å²) in [5.74, 6) is 0.500. The third-order valence-corrected chi connectivity index (χ3v) is 8.37. The topological polar surface area (TPSA) is 57.2 Å². The number of carbonyl (C=O) groups is 1. The van der Waals surface area contributed by atoms with Gasteiger partial charge in [-0.3, -0.25) is 9.00 Å². The van der Waals surface area contributed by atoms with Crippen LogP contribution in [0.15, 0.2) is 24.3 Å². The summed E-state index contributed by atoms with van der Waals surface area (Å²) in [6.45, 7) is 4.24. The molecule has 2 bridgehead atoms. The standard InChI is InChI=1S/C19H24O3S/c1-18(2)13-9-10-19(18,16(20)11-13)17(23(21)22)15-8-7-12-5-3-4-6-14(12)15/h3-6,13,15,17H,7-11H2,1-2H3,(H,21,22)/p-1. The van der Waals surface area contributed by atoms with Gasteiger partial charge in [-0.15, -0.1) is 0 Å². The maximum absolute atomic E-state index is 12.9. The largest absolute Gasteiger partial charge is 0.772 e. The molecule has 4 rings (SSSR count). The van der Waals surface area contributed by atoms with E-state index in [9.17, 15) is 13.6 Å². The summed E-state index contributed by atoms with van der Waals surface area (Å²) in [6.07, 6.45) is 4.05. The predicted octanol–water partition coefficient (Wildman–Crippen LogP) is 3.36. The maximum Gasteiger partial charge on any atom is 0.141 e. The van der Waals surface area contributed by atoms with Crippen LogP contribution in [0.3, 0.4) is 0 Å². The molecule has 0 radical (unpaired) electrons. The molecule has 3 aliphatic carbocycles. The van der Waals surface area contributed by atoms with Gasteiger partial charge in [-0.25, -0.2) is 0 Å². The molecule has 23 heavy (non-hydrogen) atoms. The number of benzene rings is 1. The van der Waals surface area contributed by atoms with E-state index in [1.807, 2.05) is 12.1 Å². The summed E-state index contributed by atoms with van der Waals surface area (Å²) >= 11 is -2.24. The zero-order chi connectivity index (χ0) is 16.4. The lowest BCUT2D eigenvalue weighted by Crippen LogP contribution is -2.50.